The maximum atomic E-state index is 11.9. The van der Waals surface area contributed by atoms with Gasteiger partial charge in [0.25, 0.3) is 0 Å². The van der Waals surface area contributed by atoms with E-state index in [1.807, 2.05) is 0 Å². The SMILES string of the molecule is C=C(O)CCCCCCC/C=C/C(CCCCCCC)C1CC(=O)OC1=O. The van der Waals surface area contributed by atoms with E-state index >= 15 is 0 Å². The highest BCUT2D eigenvalue weighted by Crippen LogP contribution is 2.30. The number of ether oxygens (including phenoxy) is 1. The molecule has 154 valence electrons. The Hall–Kier alpha value is -1.58. The van der Waals surface area contributed by atoms with Crippen LogP contribution in [0.3, 0.4) is 0 Å². The minimum absolute atomic E-state index is 0.126. The Labute approximate surface area is 165 Å². The van der Waals surface area contributed by atoms with Crippen molar-refractivity contribution in [3.63, 3.8) is 0 Å². The molecule has 2 atom stereocenters. The zero-order valence-corrected chi connectivity index (χ0v) is 17.1. The van der Waals surface area contributed by atoms with Crippen molar-refractivity contribution in [3.05, 3.63) is 24.5 Å². The molecule has 0 aliphatic carbocycles. The van der Waals surface area contributed by atoms with Crippen molar-refractivity contribution >= 4 is 11.9 Å². The lowest BCUT2D eigenvalue weighted by atomic mass is 9.86. The van der Waals surface area contributed by atoms with E-state index in [9.17, 15) is 9.59 Å². The Kier molecular flexibility index (Phi) is 12.6. The fourth-order valence-electron chi connectivity index (χ4n) is 3.63. The predicted molar refractivity (Wildman–Crippen MR) is 109 cm³/mol. The van der Waals surface area contributed by atoms with Crippen LogP contribution in [0, 0.1) is 11.8 Å². The van der Waals surface area contributed by atoms with Gasteiger partial charge in [-0.2, -0.15) is 0 Å². The van der Waals surface area contributed by atoms with Gasteiger partial charge >= 0.3 is 11.9 Å². The van der Waals surface area contributed by atoms with Crippen LogP contribution in [0.25, 0.3) is 0 Å². The molecule has 1 saturated heterocycles. The van der Waals surface area contributed by atoms with Crippen LogP contribution >= 0.6 is 0 Å². The summed E-state index contributed by atoms with van der Waals surface area (Å²) in [6.45, 7) is 5.70. The highest BCUT2D eigenvalue weighted by atomic mass is 16.6. The molecule has 1 N–H and O–H groups in total. The van der Waals surface area contributed by atoms with Crippen molar-refractivity contribution in [1.82, 2.24) is 0 Å². The molecule has 0 aromatic rings. The summed E-state index contributed by atoms with van der Waals surface area (Å²) in [5, 5.41) is 9.05. The molecule has 0 radical (unpaired) electrons. The summed E-state index contributed by atoms with van der Waals surface area (Å²) in [7, 11) is 0. The van der Waals surface area contributed by atoms with Gasteiger partial charge in [-0.3, -0.25) is 9.59 Å². The second-order valence-corrected chi connectivity index (χ2v) is 7.77. The maximum absolute atomic E-state index is 11.9. The third-order valence-electron chi connectivity index (χ3n) is 5.28. The molecular weight excluding hydrogens is 340 g/mol. The minimum Gasteiger partial charge on any atom is -0.513 e. The van der Waals surface area contributed by atoms with E-state index in [1.54, 1.807) is 0 Å². The van der Waals surface area contributed by atoms with Crippen LogP contribution < -0.4 is 0 Å². The Morgan fingerprint density at radius 3 is 2.44 bits per heavy atom. The molecule has 0 aromatic heterocycles. The van der Waals surface area contributed by atoms with Gasteiger partial charge < -0.3 is 9.84 Å². The number of unbranched alkanes of at least 4 members (excludes halogenated alkanes) is 9. The Balaban J connectivity index is 2.30. The van der Waals surface area contributed by atoms with Gasteiger partial charge in [-0.15, -0.1) is 0 Å². The molecule has 1 heterocycles. The van der Waals surface area contributed by atoms with E-state index in [0.29, 0.717) is 6.42 Å². The first-order valence-electron chi connectivity index (χ1n) is 10.8. The van der Waals surface area contributed by atoms with Gasteiger partial charge in [0.05, 0.1) is 18.1 Å². The number of hydrogen-bond acceptors (Lipinski definition) is 4. The lowest BCUT2D eigenvalue weighted by Crippen LogP contribution is -2.18. The topological polar surface area (TPSA) is 63.6 Å². The molecule has 0 bridgehead atoms. The molecule has 1 rings (SSSR count). The van der Waals surface area contributed by atoms with Crippen LogP contribution in [0.1, 0.15) is 96.8 Å². The van der Waals surface area contributed by atoms with Crippen molar-refractivity contribution in [2.75, 3.05) is 0 Å². The number of aliphatic hydroxyl groups is 1. The summed E-state index contributed by atoms with van der Waals surface area (Å²) in [4.78, 5) is 23.4. The average Bonchev–Trinajstić information content (AvgIpc) is 2.96. The van der Waals surface area contributed by atoms with Gasteiger partial charge in [-0.05, 0) is 31.6 Å². The molecule has 0 saturated carbocycles. The minimum atomic E-state index is -0.375. The Morgan fingerprint density at radius 1 is 1.11 bits per heavy atom. The second kappa shape index (κ2) is 14.5. The molecule has 0 amide bonds. The molecule has 1 fully saturated rings. The number of esters is 2. The summed E-state index contributed by atoms with van der Waals surface area (Å²) in [5.41, 5.74) is 0. The summed E-state index contributed by atoms with van der Waals surface area (Å²) in [6.07, 6.45) is 18.9. The van der Waals surface area contributed by atoms with Crippen LogP contribution in [0.4, 0.5) is 0 Å². The molecule has 1 aliphatic heterocycles. The molecule has 1 aliphatic rings. The monoisotopic (exact) mass is 378 g/mol. The van der Waals surface area contributed by atoms with E-state index in [1.165, 1.54) is 38.5 Å². The Morgan fingerprint density at radius 2 is 1.78 bits per heavy atom. The Bertz CT molecular complexity index is 481. The first-order valence-corrected chi connectivity index (χ1v) is 10.8. The largest absolute Gasteiger partial charge is 0.513 e. The summed E-state index contributed by atoms with van der Waals surface area (Å²) in [6, 6.07) is 0. The molecular formula is C23H38O4. The fourth-order valence-corrected chi connectivity index (χ4v) is 3.63. The zero-order chi connectivity index (χ0) is 19.9. The number of allylic oxidation sites excluding steroid dienone is 3. The average molecular weight is 379 g/mol. The molecule has 4 nitrogen and oxygen atoms in total. The van der Waals surface area contributed by atoms with Crippen LogP contribution in [0.2, 0.25) is 0 Å². The predicted octanol–water partition coefficient (Wildman–Crippen LogP) is 6.41. The van der Waals surface area contributed by atoms with Gasteiger partial charge in [0.1, 0.15) is 0 Å². The van der Waals surface area contributed by atoms with Crippen LogP contribution in [0.15, 0.2) is 24.5 Å². The number of aliphatic hydroxyl groups excluding tert-OH is 1. The number of carbonyl (C=O) groups is 2. The number of hydrogen-bond donors (Lipinski definition) is 1. The first-order chi connectivity index (χ1) is 13.0. The summed E-state index contributed by atoms with van der Waals surface area (Å²) in [5.74, 6) is -0.594. The van der Waals surface area contributed by atoms with Crippen molar-refractivity contribution in [3.8, 4) is 0 Å². The summed E-state index contributed by atoms with van der Waals surface area (Å²) >= 11 is 0. The van der Waals surface area contributed by atoms with Crippen molar-refractivity contribution in [1.29, 1.82) is 0 Å². The standard InChI is InChI=1S/C23H38O4/c1-3-4-5-9-13-16-20(21-18-22(25)27-23(21)26)17-14-11-8-6-7-10-12-15-19(2)24/h14,17,20-21,24H,2-13,15-16,18H2,1H3/b17-14+. The molecule has 27 heavy (non-hydrogen) atoms. The highest BCUT2D eigenvalue weighted by Gasteiger charge is 2.37. The van der Waals surface area contributed by atoms with Crippen molar-refractivity contribution in [2.45, 2.75) is 96.8 Å². The molecule has 2 unspecified atom stereocenters. The first kappa shape index (κ1) is 23.5. The van der Waals surface area contributed by atoms with Gasteiger partial charge in [0, 0.05) is 6.42 Å². The number of cyclic esters (lactones) is 2. The van der Waals surface area contributed by atoms with Gasteiger partial charge in [0.2, 0.25) is 0 Å². The van der Waals surface area contributed by atoms with E-state index in [4.69, 9.17) is 9.84 Å². The molecule has 4 heteroatoms. The van der Waals surface area contributed by atoms with E-state index in [2.05, 4.69) is 25.7 Å². The van der Waals surface area contributed by atoms with Crippen LogP contribution in [-0.2, 0) is 14.3 Å². The summed E-state index contributed by atoms with van der Waals surface area (Å²) < 4.78 is 4.76. The maximum Gasteiger partial charge on any atom is 0.317 e. The lowest BCUT2D eigenvalue weighted by Gasteiger charge is -2.16. The van der Waals surface area contributed by atoms with Crippen LogP contribution in [0.5, 0.6) is 0 Å². The lowest BCUT2D eigenvalue weighted by molar-refractivity contribution is -0.153. The smallest absolute Gasteiger partial charge is 0.317 e. The van der Waals surface area contributed by atoms with E-state index < -0.39 is 0 Å². The number of rotatable bonds is 16. The molecule has 0 aromatic carbocycles. The highest BCUT2D eigenvalue weighted by molar-refractivity contribution is 5.94. The third kappa shape index (κ3) is 11.0. The fraction of sp³-hybridized carbons (Fsp3) is 0.739. The van der Waals surface area contributed by atoms with Gasteiger partial charge in [-0.1, -0.05) is 77.0 Å². The van der Waals surface area contributed by atoms with E-state index in [-0.39, 0.29) is 36.0 Å². The second-order valence-electron chi connectivity index (χ2n) is 7.77. The number of carbonyl (C=O) groups excluding carboxylic acids is 2. The molecule has 0 spiro atoms. The van der Waals surface area contributed by atoms with Crippen molar-refractivity contribution < 1.29 is 19.4 Å². The normalized spacial score (nSPS) is 18.2. The van der Waals surface area contributed by atoms with Gasteiger partial charge in [0.15, 0.2) is 0 Å². The zero-order valence-electron chi connectivity index (χ0n) is 17.1. The van der Waals surface area contributed by atoms with Crippen LogP contribution in [-0.4, -0.2) is 17.0 Å². The quantitative estimate of drug-likeness (QED) is 0.111. The third-order valence-corrected chi connectivity index (χ3v) is 5.28. The van der Waals surface area contributed by atoms with Crippen molar-refractivity contribution in [2.24, 2.45) is 11.8 Å². The van der Waals surface area contributed by atoms with Gasteiger partial charge in [-0.25, -0.2) is 0 Å². The van der Waals surface area contributed by atoms with E-state index in [0.717, 1.165) is 38.5 Å².